The van der Waals surface area contributed by atoms with E-state index in [1.807, 2.05) is 0 Å². The van der Waals surface area contributed by atoms with Gasteiger partial charge < -0.3 is 14.8 Å². The van der Waals surface area contributed by atoms with Gasteiger partial charge in [0.05, 0.1) is 13.5 Å². The Morgan fingerprint density at radius 2 is 1.80 bits per heavy atom. The monoisotopic (exact) mass is 348 g/mol. The van der Waals surface area contributed by atoms with Crippen LogP contribution in [0.15, 0.2) is 24.3 Å². The topological polar surface area (TPSA) is 102 Å². The van der Waals surface area contributed by atoms with E-state index in [0.717, 1.165) is 4.90 Å². The molecule has 2 rings (SSSR count). The number of benzene rings is 1. The third-order valence-corrected chi connectivity index (χ3v) is 3.76. The molecule has 0 aliphatic carbocycles. The highest BCUT2D eigenvalue weighted by Crippen LogP contribution is 2.17. The molecule has 0 atom stereocenters. The Balaban J connectivity index is 1.79. The number of nitrogens with one attached hydrogen (secondary N) is 1. The van der Waals surface area contributed by atoms with E-state index in [-0.39, 0.29) is 18.7 Å². The SMILES string of the molecule is COc1ccc(C(=O)COC(=O)CCN2C(=O)NC(C)(C)C2=O)cc1. The van der Waals surface area contributed by atoms with Crippen LogP contribution in [0, 0.1) is 0 Å². The van der Waals surface area contributed by atoms with Crippen LogP contribution >= 0.6 is 0 Å². The number of imide groups is 1. The number of methoxy groups -OCH3 is 1. The Labute approximate surface area is 145 Å². The highest BCUT2D eigenvalue weighted by molar-refractivity contribution is 6.06. The summed E-state index contributed by atoms with van der Waals surface area (Å²) in [6.45, 7) is 2.67. The lowest BCUT2D eigenvalue weighted by molar-refractivity contribution is -0.143. The van der Waals surface area contributed by atoms with E-state index < -0.39 is 30.1 Å². The Kier molecular flexibility index (Phi) is 5.41. The summed E-state index contributed by atoms with van der Waals surface area (Å²) in [7, 11) is 1.52. The lowest BCUT2D eigenvalue weighted by atomic mass is 10.1. The minimum absolute atomic E-state index is 0.0936. The largest absolute Gasteiger partial charge is 0.497 e. The van der Waals surface area contributed by atoms with Crippen LogP contribution in [0.1, 0.15) is 30.6 Å². The van der Waals surface area contributed by atoms with Gasteiger partial charge >= 0.3 is 12.0 Å². The second-order valence-electron chi connectivity index (χ2n) is 6.07. The number of urea groups is 1. The molecular weight excluding hydrogens is 328 g/mol. The van der Waals surface area contributed by atoms with Crippen LogP contribution in [0.4, 0.5) is 4.79 Å². The molecule has 0 aromatic heterocycles. The first-order valence-corrected chi connectivity index (χ1v) is 7.71. The zero-order valence-corrected chi connectivity index (χ0v) is 14.3. The zero-order valence-electron chi connectivity index (χ0n) is 14.3. The van der Waals surface area contributed by atoms with Gasteiger partial charge in [0.2, 0.25) is 0 Å². The number of ketones is 1. The van der Waals surface area contributed by atoms with Gasteiger partial charge in [0.15, 0.2) is 12.4 Å². The van der Waals surface area contributed by atoms with Crippen LogP contribution in [0.5, 0.6) is 5.75 Å². The number of Topliss-reactive ketones (excluding diaryl/α,β-unsaturated/α-hetero) is 1. The fourth-order valence-corrected chi connectivity index (χ4v) is 2.30. The van der Waals surface area contributed by atoms with Gasteiger partial charge in [0.1, 0.15) is 11.3 Å². The highest BCUT2D eigenvalue weighted by Gasteiger charge is 2.44. The van der Waals surface area contributed by atoms with Gasteiger partial charge in [0, 0.05) is 12.1 Å². The molecule has 8 heteroatoms. The van der Waals surface area contributed by atoms with E-state index >= 15 is 0 Å². The first-order valence-electron chi connectivity index (χ1n) is 7.71. The molecule has 1 N–H and O–H groups in total. The van der Waals surface area contributed by atoms with Gasteiger partial charge in [0.25, 0.3) is 5.91 Å². The Hall–Kier alpha value is -2.90. The fourth-order valence-electron chi connectivity index (χ4n) is 2.30. The fraction of sp³-hybridized carbons (Fsp3) is 0.412. The number of carbonyl (C=O) groups excluding carboxylic acids is 4. The van der Waals surface area contributed by atoms with Gasteiger partial charge in [-0.05, 0) is 38.1 Å². The summed E-state index contributed by atoms with van der Waals surface area (Å²) in [5, 5.41) is 2.52. The van der Waals surface area contributed by atoms with Gasteiger partial charge in [-0.3, -0.25) is 19.3 Å². The lowest BCUT2D eigenvalue weighted by Gasteiger charge is -2.15. The van der Waals surface area contributed by atoms with Crippen molar-refractivity contribution in [3.8, 4) is 5.75 Å². The summed E-state index contributed by atoms with van der Waals surface area (Å²) in [4.78, 5) is 48.3. The molecule has 1 heterocycles. The van der Waals surface area contributed by atoms with Crippen molar-refractivity contribution in [2.45, 2.75) is 25.8 Å². The van der Waals surface area contributed by atoms with Crippen LogP contribution in [-0.2, 0) is 14.3 Å². The van der Waals surface area contributed by atoms with Crippen molar-refractivity contribution < 1.29 is 28.7 Å². The van der Waals surface area contributed by atoms with E-state index in [1.165, 1.54) is 7.11 Å². The molecule has 1 saturated heterocycles. The molecule has 8 nitrogen and oxygen atoms in total. The van der Waals surface area contributed by atoms with Crippen molar-refractivity contribution in [2.75, 3.05) is 20.3 Å². The Bertz CT molecular complexity index is 696. The van der Waals surface area contributed by atoms with E-state index in [0.29, 0.717) is 11.3 Å². The number of amides is 3. The maximum atomic E-state index is 12.0. The molecular formula is C17H20N2O6. The zero-order chi connectivity index (χ0) is 18.6. The molecule has 0 bridgehead atoms. The van der Waals surface area contributed by atoms with Crippen molar-refractivity contribution in [3.63, 3.8) is 0 Å². The summed E-state index contributed by atoms with van der Waals surface area (Å²) < 4.78 is 9.91. The molecule has 1 aliphatic heterocycles. The maximum Gasteiger partial charge on any atom is 0.325 e. The third kappa shape index (κ3) is 4.34. The van der Waals surface area contributed by atoms with Crippen LogP contribution in [0.25, 0.3) is 0 Å². The van der Waals surface area contributed by atoms with Crippen molar-refractivity contribution in [1.29, 1.82) is 0 Å². The van der Waals surface area contributed by atoms with Gasteiger partial charge in [-0.2, -0.15) is 0 Å². The number of nitrogens with zero attached hydrogens (tertiary/aromatic N) is 1. The number of rotatable bonds is 7. The average Bonchev–Trinajstić information content (AvgIpc) is 2.78. The van der Waals surface area contributed by atoms with Crippen molar-refractivity contribution >= 4 is 23.7 Å². The summed E-state index contributed by atoms with van der Waals surface area (Å²) in [6.07, 6.45) is -0.175. The summed E-state index contributed by atoms with van der Waals surface area (Å²) >= 11 is 0. The number of hydrogen-bond acceptors (Lipinski definition) is 6. The van der Waals surface area contributed by atoms with Crippen molar-refractivity contribution in [3.05, 3.63) is 29.8 Å². The molecule has 0 radical (unpaired) electrons. The van der Waals surface area contributed by atoms with E-state index in [2.05, 4.69) is 5.32 Å². The molecule has 1 aromatic rings. The molecule has 0 unspecified atom stereocenters. The molecule has 25 heavy (non-hydrogen) atoms. The Morgan fingerprint density at radius 3 is 2.32 bits per heavy atom. The predicted octanol–water partition coefficient (Wildman–Crippen LogP) is 1.14. The number of hydrogen-bond donors (Lipinski definition) is 1. The second-order valence-corrected chi connectivity index (χ2v) is 6.07. The van der Waals surface area contributed by atoms with Crippen molar-refractivity contribution in [2.24, 2.45) is 0 Å². The smallest absolute Gasteiger partial charge is 0.325 e. The predicted molar refractivity (Wildman–Crippen MR) is 87.2 cm³/mol. The average molecular weight is 348 g/mol. The first-order chi connectivity index (χ1) is 11.7. The molecule has 3 amide bonds. The molecule has 1 aliphatic rings. The van der Waals surface area contributed by atoms with Gasteiger partial charge in [-0.1, -0.05) is 0 Å². The molecule has 0 spiro atoms. The summed E-state index contributed by atoms with van der Waals surface area (Å²) in [6, 6.07) is 5.87. The number of carbonyl (C=O) groups is 4. The normalized spacial score (nSPS) is 15.7. The summed E-state index contributed by atoms with van der Waals surface area (Å²) in [5.74, 6) is -0.802. The first kappa shape index (κ1) is 18.4. The van der Waals surface area contributed by atoms with E-state index in [4.69, 9.17) is 9.47 Å². The molecule has 134 valence electrons. The van der Waals surface area contributed by atoms with Gasteiger partial charge in [-0.25, -0.2) is 4.79 Å². The van der Waals surface area contributed by atoms with Crippen LogP contribution in [-0.4, -0.2) is 54.4 Å². The van der Waals surface area contributed by atoms with Gasteiger partial charge in [-0.15, -0.1) is 0 Å². The van der Waals surface area contributed by atoms with E-state index in [9.17, 15) is 19.2 Å². The van der Waals surface area contributed by atoms with Crippen LogP contribution < -0.4 is 10.1 Å². The summed E-state index contributed by atoms with van der Waals surface area (Å²) in [5.41, 5.74) is -0.588. The highest BCUT2D eigenvalue weighted by atomic mass is 16.5. The third-order valence-electron chi connectivity index (χ3n) is 3.76. The van der Waals surface area contributed by atoms with E-state index in [1.54, 1.807) is 38.1 Å². The number of esters is 1. The van der Waals surface area contributed by atoms with Crippen LogP contribution in [0.2, 0.25) is 0 Å². The Morgan fingerprint density at radius 1 is 1.16 bits per heavy atom. The quantitative estimate of drug-likeness (QED) is 0.450. The maximum absolute atomic E-state index is 12.0. The molecule has 1 fully saturated rings. The minimum Gasteiger partial charge on any atom is -0.497 e. The minimum atomic E-state index is -0.981. The van der Waals surface area contributed by atoms with Crippen molar-refractivity contribution in [1.82, 2.24) is 10.2 Å². The number of ether oxygens (including phenoxy) is 2. The second kappa shape index (κ2) is 7.33. The molecule has 1 aromatic carbocycles. The molecule has 0 saturated carbocycles. The van der Waals surface area contributed by atoms with Crippen LogP contribution in [0.3, 0.4) is 0 Å². The standard InChI is InChI=1S/C17H20N2O6/c1-17(2)15(22)19(16(23)18-17)9-8-14(21)25-10-13(20)11-4-6-12(24-3)7-5-11/h4-7H,8-10H2,1-3H3,(H,18,23). The lowest BCUT2D eigenvalue weighted by Crippen LogP contribution is -2.40.